The minimum Gasteiger partial charge on any atom is -0.492 e. The Morgan fingerprint density at radius 3 is 2.47 bits per heavy atom. The summed E-state index contributed by atoms with van der Waals surface area (Å²) in [5.41, 5.74) is 0.661. The predicted octanol–water partition coefficient (Wildman–Crippen LogP) is 2.52. The van der Waals surface area contributed by atoms with Crippen molar-refractivity contribution < 1.29 is 4.74 Å². The summed E-state index contributed by atoms with van der Waals surface area (Å²) >= 11 is 0. The molecule has 1 rings (SSSR count). The molecular formula is C14H20N2O. The third-order valence-corrected chi connectivity index (χ3v) is 2.40. The number of nitrogens with zero attached hydrogens (tertiary/aromatic N) is 2. The number of likely N-dealkylation sites (N-methyl/N-ethyl adjacent to an activating group) is 1. The molecule has 0 saturated carbocycles. The first-order valence-electron chi connectivity index (χ1n) is 5.93. The summed E-state index contributed by atoms with van der Waals surface area (Å²) in [6.07, 6.45) is 0. The Morgan fingerprint density at radius 2 is 1.94 bits per heavy atom. The van der Waals surface area contributed by atoms with E-state index in [1.54, 1.807) is 12.1 Å². The molecule has 0 spiro atoms. The van der Waals surface area contributed by atoms with Gasteiger partial charge in [-0.15, -0.1) is 0 Å². The van der Waals surface area contributed by atoms with Crippen LogP contribution >= 0.6 is 0 Å². The number of ether oxygens (including phenoxy) is 1. The molecule has 0 atom stereocenters. The zero-order valence-corrected chi connectivity index (χ0v) is 10.8. The number of hydrogen-bond donors (Lipinski definition) is 0. The van der Waals surface area contributed by atoms with Crippen molar-refractivity contribution >= 4 is 0 Å². The Bertz CT molecular complexity index is 365. The molecule has 0 radical (unpaired) electrons. The molecule has 1 aromatic rings. The zero-order valence-electron chi connectivity index (χ0n) is 10.8. The summed E-state index contributed by atoms with van der Waals surface area (Å²) in [5.74, 6) is 1.50. The van der Waals surface area contributed by atoms with Crippen LogP contribution in [0.25, 0.3) is 0 Å². The summed E-state index contributed by atoms with van der Waals surface area (Å²) in [5, 5.41) is 8.66. The monoisotopic (exact) mass is 232 g/mol. The van der Waals surface area contributed by atoms with Crippen molar-refractivity contribution in [3.05, 3.63) is 29.8 Å². The van der Waals surface area contributed by atoms with Crippen LogP contribution in [0, 0.1) is 17.2 Å². The molecule has 0 aliphatic heterocycles. The Balaban J connectivity index is 2.28. The van der Waals surface area contributed by atoms with E-state index in [4.69, 9.17) is 10.00 Å². The average molecular weight is 232 g/mol. The number of benzene rings is 1. The predicted molar refractivity (Wildman–Crippen MR) is 69.0 cm³/mol. The van der Waals surface area contributed by atoms with E-state index in [9.17, 15) is 0 Å². The summed E-state index contributed by atoms with van der Waals surface area (Å²) in [6, 6.07) is 9.30. The van der Waals surface area contributed by atoms with Crippen LogP contribution in [-0.4, -0.2) is 31.6 Å². The summed E-state index contributed by atoms with van der Waals surface area (Å²) in [7, 11) is 2.10. The Morgan fingerprint density at radius 1 is 1.29 bits per heavy atom. The molecule has 0 amide bonds. The van der Waals surface area contributed by atoms with Gasteiger partial charge in [-0.25, -0.2) is 0 Å². The molecule has 0 unspecified atom stereocenters. The molecule has 0 aliphatic carbocycles. The lowest BCUT2D eigenvalue weighted by Crippen LogP contribution is -2.27. The number of hydrogen-bond acceptors (Lipinski definition) is 3. The summed E-state index contributed by atoms with van der Waals surface area (Å²) in [4.78, 5) is 2.26. The second kappa shape index (κ2) is 6.93. The fourth-order valence-electron chi connectivity index (χ4n) is 1.66. The highest BCUT2D eigenvalue weighted by Gasteiger charge is 2.01. The first-order valence-corrected chi connectivity index (χ1v) is 5.93. The van der Waals surface area contributed by atoms with Crippen LogP contribution < -0.4 is 4.74 Å². The van der Waals surface area contributed by atoms with Crippen molar-refractivity contribution in [3.63, 3.8) is 0 Å². The molecular weight excluding hydrogens is 212 g/mol. The number of nitriles is 1. The molecule has 3 nitrogen and oxygen atoms in total. The summed E-state index contributed by atoms with van der Waals surface area (Å²) < 4.78 is 5.61. The maximum absolute atomic E-state index is 8.66. The molecule has 0 aromatic heterocycles. The molecule has 3 heteroatoms. The van der Waals surface area contributed by atoms with Gasteiger partial charge < -0.3 is 9.64 Å². The van der Waals surface area contributed by atoms with Crippen molar-refractivity contribution in [3.8, 4) is 11.8 Å². The van der Waals surface area contributed by atoms with Crippen molar-refractivity contribution in [2.45, 2.75) is 13.8 Å². The van der Waals surface area contributed by atoms with E-state index >= 15 is 0 Å². The Labute approximate surface area is 104 Å². The smallest absolute Gasteiger partial charge is 0.119 e. The van der Waals surface area contributed by atoms with Crippen LogP contribution in [0.2, 0.25) is 0 Å². The largest absolute Gasteiger partial charge is 0.492 e. The average Bonchev–Trinajstić information content (AvgIpc) is 2.29. The van der Waals surface area contributed by atoms with Crippen LogP contribution in [-0.2, 0) is 0 Å². The van der Waals surface area contributed by atoms with E-state index in [-0.39, 0.29) is 0 Å². The standard InChI is InChI=1S/C14H20N2O/c1-12(2)11-16(3)8-9-17-14-6-4-13(10-15)5-7-14/h4-7,12H,8-9,11H2,1-3H3. The van der Waals surface area contributed by atoms with Crippen LogP contribution in [0.3, 0.4) is 0 Å². The lowest BCUT2D eigenvalue weighted by molar-refractivity contribution is 0.223. The van der Waals surface area contributed by atoms with Gasteiger partial charge in [0.25, 0.3) is 0 Å². The highest BCUT2D eigenvalue weighted by molar-refractivity contribution is 5.34. The molecule has 0 fully saturated rings. The Hall–Kier alpha value is -1.53. The molecule has 0 heterocycles. The molecule has 0 saturated heterocycles. The van der Waals surface area contributed by atoms with Crippen molar-refractivity contribution in [1.29, 1.82) is 5.26 Å². The first kappa shape index (κ1) is 13.5. The minimum atomic E-state index is 0.661. The molecule has 0 N–H and O–H groups in total. The molecule has 0 aliphatic rings. The van der Waals surface area contributed by atoms with E-state index in [1.807, 2.05) is 12.1 Å². The van der Waals surface area contributed by atoms with Gasteiger partial charge in [0.15, 0.2) is 0 Å². The van der Waals surface area contributed by atoms with Crippen LogP contribution in [0.5, 0.6) is 5.75 Å². The zero-order chi connectivity index (χ0) is 12.7. The Kier molecular flexibility index (Phi) is 5.51. The van der Waals surface area contributed by atoms with E-state index in [0.29, 0.717) is 18.1 Å². The van der Waals surface area contributed by atoms with Crippen molar-refractivity contribution in [2.24, 2.45) is 5.92 Å². The second-order valence-corrected chi connectivity index (χ2v) is 4.64. The topological polar surface area (TPSA) is 36.3 Å². The van der Waals surface area contributed by atoms with Crippen molar-refractivity contribution in [1.82, 2.24) is 4.90 Å². The second-order valence-electron chi connectivity index (χ2n) is 4.64. The third kappa shape index (κ3) is 5.37. The van der Waals surface area contributed by atoms with Crippen molar-refractivity contribution in [2.75, 3.05) is 26.7 Å². The fourth-order valence-corrected chi connectivity index (χ4v) is 1.66. The highest BCUT2D eigenvalue weighted by atomic mass is 16.5. The quantitative estimate of drug-likeness (QED) is 0.756. The van der Waals surface area contributed by atoms with E-state index < -0.39 is 0 Å². The van der Waals surface area contributed by atoms with E-state index in [1.165, 1.54) is 0 Å². The van der Waals surface area contributed by atoms with E-state index in [2.05, 4.69) is 31.9 Å². The van der Waals surface area contributed by atoms with Gasteiger partial charge in [-0.2, -0.15) is 5.26 Å². The first-order chi connectivity index (χ1) is 8.11. The maximum Gasteiger partial charge on any atom is 0.119 e. The maximum atomic E-state index is 8.66. The SMILES string of the molecule is CC(C)CN(C)CCOc1ccc(C#N)cc1. The van der Waals surface area contributed by atoms with E-state index in [0.717, 1.165) is 18.8 Å². The van der Waals surface area contributed by atoms with Crippen LogP contribution in [0.1, 0.15) is 19.4 Å². The van der Waals surface area contributed by atoms with Gasteiger partial charge in [0.1, 0.15) is 12.4 Å². The highest BCUT2D eigenvalue weighted by Crippen LogP contribution is 2.11. The van der Waals surface area contributed by atoms with Gasteiger partial charge in [0, 0.05) is 13.1 Å². The minimum absolute atomic E-state index is 0.661. The molecule has 1 aromatic carbocycles. The third-order valence-electron chi connectivity index (χ3n) is 2.40. The van der Waals surface area contributed by atoms with Gasteiger partial charge in [-0.3, -0.25) is 0 Å². The molecule has 92 valence electrons. The fraction of sp³-hybridized carbons (Fsp3) is 0.500. The summed E-state index contributed by atoms with van der Waals surface area (Å²) in [6.45, 7) is 7.08. The van der Waals surface area contributed by atoms with Gasteiger partial charge in [-0.1, -0.05) is 13.8 Å². The van der Waals surface area contributed by atoms with Crippen LogP contribution in [0.4, 0.5) is 0 Å². The van der Waals surface area contributed by atoms with Gasteiger partial charge >= 0.3 is 0 Å². The molecule has 17 heavy (non-hydrogen) atoms. The molecule has 0 bridgehead atoms. The lowest BCUT2D eigenvalue weighted by atomic mass is 10.2. The van der Waals surface area contributed by atoms with Gasteiger partial charge in [0.2, 0.25) is 0 Å². The number of rotatable bonds is 6. The van der Waals surface area contributed by atoms with Gasteiger partial charge in [-0.05, 0) is 37.2 Å². The van der Waals surface area contributed by atoms with Crippen LogP contribution in [0.15, 0.2) is 24.3 Å². The normalized spacial score (nSPS) is 10.6. The van der Waals surface area contributed by atoms with Gasteiger partial charge in [0.05, 0.1) is 11.6 Å². The lowest BCUT2D eigenvalue weighted by Gasteiger charge is -2.18.